The van der Waals surface area contributed by atoms with Gasteiger partial charge in [-0.2, -0.15) is 0 Å². The molecule has 0 atom stereocenters. The molecule has 98 heavy (non-hydrogen) atoms. The van der Waals surface area contributed by atoms with Crippen LogP contribution in [0.4, 0.5) is 0 Å². The molecule has 3 N–H and O–H groups in total. The summed E-state index contributed by atoms with van der Waals surface area (Å²) in [4.78, 5) is 34.6. The van der Waals surface area contributed by atoms with Gasteiger partial charge in [0, 0.05) is 0 Å². The molecule has 0 aliphatic heterocycles. The van der Waals surface area contributed by atoms with Crippen LogP contribution in [-0.4, -0.2) is 66.3 Å². The summed E-state index contributed by atoms with van der Waals surface area (Å²) in [6.07, 6.45) is 63.6. The first-order valence-electron chi connectivity index (χ1n) is 38.6. The van der Waals surface area contributed by atoms with E-state index in [1.165, 1.54) is 270 Å². The third kappa shape index (κ3) is 36.2. The van der Waals surface area contributed by atoms with Crippen molar-refractivity contribution >= 4 is 17.9 Å². The Bertz CT molecular complexity index is 2000. The summed E-state index contributed by atoms with van der Waals surface area (Å²) in [5.74, 6) is 14.2. The van der Waals surface area contributed by atoms with E-state index in [2.05, 4.69) is 40.5 Å². The van der Waals surface area contributed by atoms with Crippen molar-refractivity contribution in [3.05, 3.63) is 36.6 Å². The lowest BCUT2D eigenvalue weighted by atomic mass is 9.69. The van der Waals surface area contributed by atoms with E-state index < -0.39 is 23.7 Å². The van der Waals surface area contributed by atoms with Crippen molar-refractivity contribution in [1.29, 1.82) is 0 Å². The van der Waals surface area contributed by atoms with E-state index in [0.29, 0.717) is 37.6 Å². The zero-order chi connectivity index (χ0) is 63.3. The highest BCUT2D eigenvalue weighted by atomic mass is 16.5. The van der Waals surface area contributed by atoms with Crippen molar-refractivity contribution in [3.63, 3.8) is 0 Å². The van der Waals surface area contributed by atoms with Crippen molar-refractivity contribution in [1.82, 2.24) is 0 Å². The minimum atomic E-state index is -0.665. The fourth-order valence-corrected chi connectivity index (χ4v) is 19.5. The Morgan fingerprint density at radius 1 is 0.255 bits per heavy atom. The zero-order valence-electron chi connectivity index (χ0n) is 57.7. The Kier molecular flexibility index (Phi) is 55.8. The second-order valence-corrected chi connectivity index (χ2v) is 32.4. The third-order valence-corrected chi connectivity index (χ3v) is 26.0. The number of aliphatic hydroxyl groups is 3. The minimum absolute atomic E-state index is 0. The lowest BCUT2D eigenvalue weighted by molar-refractivity contribution is -0.144. The molecule has 9 heteroatoms. The van der Waals surface area contributed by atoms with Gasteiger partial charge in [0.25, 0.3) is 0 Å². The topological polar surface area (TPSA) is 140 Å². The Balaban J connectivity index is -0.00000135. The van der Waals surface area contributed by atoms with Crippen molar-refractivity contribution in [2.24, 2.45) is 107 Å². The van der Waals surface area contributed by atoms with Gasteiger partial charge < -0.3 is 29.5 Å². The van der Waals surface area contributed by atoms with Crippen LogP contribution in [0.15, 0.2) is 36.6 Å². The predicted octanol–water partition coefficient (Wildman–Crippen LogP) is 26.3. The maximum atomic E-state index is 11.7. The molecule has 0 amide bonds. The first-order chi connectivity index (χ1) is 43.2. The van der Waals surface area contributed by atoms with Crippen molar-refractivity contribution < 1.29 is 43.9 Å². The summed E-state index contributed by atoms with van der Waals surface area (Å²) in [6.45, 7) is 18.2. The standard InChI is InChI=1S/C34H58O3.C26H44O3.C20H34O3.9CH4/c1-3-26-4-6-27(7-5-26)20-28-8-10-29(11-9-28)21-30-12-14-31(15-13-30)22-32-16-18-33(19-17-32)24-37-34(36)25(2)23-35;1-3-20-4-6-21(7-5-20)16-22-8-10-23(11-9-22)17-24-12-14-25(15-13-24)18-29-26(28)19(2)27;1-3-16-4-6-17(7-5-16)12-18-8-10-19(11-9-18)14-23-20(22)15(2)13-21;;;;;;;;;/h26-33,35H,2-24H2,1H3;20-25,27H,2-18H2,1H3;16-19,21H,2-14H2,1H3;9*1H4. The Hall–Kier alpha value is -2.65. The summed E-state index contributed by atoms with van der Waals surface area (Å²) in [5.41, 5.74) is 0.318. The van der Waals surface area contributed by atoms with Crippen LogP contribution in [0.5, 0.6) is 0 Å². The molecule has 0 spiro atoms. The lowest BCUT2D eigenvalue weighted by Crippen LogP contribution is -2.25. The molecule has 9 saturated carbocycles. The van der Waals surface area contributed by atoms with Crippen LogP contribution in [0, 0.1) is 107 Å². The average Bonchev–Trinajstić information content (AvgIpc) is 0.941. The van der Waals surface area contributed by atoms with E-state index in [0.717, 1.165) is 102 Å². The summed E-state index contributed by atoms with van der Waals surface area (Å²) in [5, 5.41) is 26.9. The molecule has 0 unspecified atom stereocenters. The van der Waals surface area contributed by atoms with Gasteiger partial charge in [-0.25, -0.2) is 14.4 Å². The molecule has 0 aromatic heterocycles. The predicted molar refractivity (Wildman–Crippen MR) is 425 cm³/mol. The molecule has 9 aliphatic rings. The van der Waals surface area contributed by atoms with Crippen LogP contribution >= 0.6 is 0 Å². The molecule has 9 aliphatic carbocycles. The summed E-state index contributed by atoms with van der Waals surface area (Å²) in [7, 11) is 0. The highest BCUT2D eigenvalue weighted by Gasteiger charge is 2.34. The number of aliphatic hydroxyl groups excluding tert-OH is 3. The Morgan fingerprint density at radius 2 is 0.388 bits per heavy atom. The molecule has 9 rings (SSSR count). The third-order valence-electron chi connectivity index (χ3n) is 26.0. The molecular formula is C89H172O9. The van der Waals surface area contributed by atoms with E-state index in [1.807, 2.05) is 0 Å². The van der Waals surface area contributed by atoms with Crippen LogP contribution in [-0.2, 0) is 28.6 Å². The van der Waals surface area contributed by atoms with Gasteiger partial charge in [0.15, 0.2) is 5.76 Å². The molecule has 0 radical (unpaired) electrons. The van der Waals surface area contributed by atoms with Gasteiger partial charge >= 0.3 is 17.9 Å². The SMILES string of the molecule is C.C.C.C.C.C.C.C.C.C=C(CO)C(=O)OCC1CCC(CC2CCC(CC)CC2)CC1.C=C(CO)C(=O)OCC1CCC(CC2CCC(CC3CCC(CC4CCC(CC)CC4)CC3)CC2)CC1.C=C(O)C(=O)OCC1CCC(CC2CCC(CC3CCC(CC)CC3)CC2)CC1. The van der Waals surface area contributed by atoms with E-state index in [9.17, 15) is 14.4 Å². The van der Waals surface area contributed by atoms with Gasteiger partial charge in [-0.3, -0.25) is 0 Å². The number of ether oxygens (including phenoxy) is 3. The van der Waals surface area contributed by atoms with Gasteiger partial charge in [0.1, 0.15) is 0 Å². The molecule has 0 aromatic rings. The molecule has 0 saturated heterocycles. The largest absolute Gasteiger partial charge is 0.502 e. The summed E-state index contributed by atoms with van der Waals surface area (Å²) in [6, 6.07) is 0. The molecule has 0 aromatic carbocycles. The first kappa shape index (κ1) is 99.5. The van der Waals surface area contributed by atoms with Gasteiger partial charge in [-0.05, 0) is 190 Å². The number of esters is 3. The monoisotopic (exact) mass is 1390 g/mol. The first-order valence-corrected chi connectivity index (χ1v) is 38.6. The van der Waals surface area contributed by atoms with E-state index >= 15 is 0 Å². The quantitative estimate of drug-likeness (QED) is 0.0334. The fraction of sp³-hybridized carbons (Fsp3) is 0.899. The van der Waals surface area contributed by atoms with Gasteiger partial charge in [0.2, 0.25) is 0 Å². The molecular weight excluding hydrogens is 1210 g/mol. The Morgan fingerprint density at radius 3 is 0.520 bits per heavy atom. The average molecular weight is 1390 g/mol. The van der Waals surface area contributed by atoms with Crippen molar-refractivity contribution in [3.8, 4) is 0 Å². The van der Waals surface area contributed by atoms with Gasteiger partial charge in [-0.15, -0.1) is 0 Å². The van der Waals surface area contributed by atoms with Crippen LogP contribution < -0.4 is 0 Å². The van der Waals surface area contributed by atoms with E-state index in [1.54, 1.807) is 6.42 Å². The lowest BCUT2D eigenvalue weighted by Gasteiger charge is -2.37. The minimum Gasteiger partial charge on any atom is -0.502 e. The molecule has 0 bridgehead atoms. The number of hydrogen-bond donors (Lipinski definition) is 3. The van der Waals surface area contributed by atoms with Crippen LogP contribution in [0.25, 0.3) is 0 Å². The summed E-state index contributed by atoms with van der Waals surface area (Å²) >= 11 is 0. The second kappa shape index (κ2) is 54.9. The smallest absolute Gasteiger partial charge is 0.372 e. The maximum absolute atomic E-state index is 11.7. The van der Waals surface area contributed by atoms with Crippen LogP contribution in [0.2, 0.25) is 0 Å². The van der Waals surface area contributed by atoms with Gasteiger partial charge in [-0.1, -0.05) is 313 Å². The van der Waals surface area contributed by atoms with E-state index in [4.69, 9.17) is 29.5 Å². The van der Waals surface area contributed by atoms with Crippen LogP contribution in [0.1, 0.15) is 377 Å². The normalized spacial score (nSPS) is 32.0. The van der Waals surface area contributed by atoms with Crippen molar-refractivity contribution in [2.45, 2.75) is 377 Å². The highest BCUT2D eigenvalue weighted by Crippen LogP contribution is 2.46. The number of hydrogen-bond acceptors (Lipinski definition) is 9. The number of carbonyl (C=O) groups excluding carboxylic acids is 3. The molecule has 0 heterocycles. The Labute approximate surface area is 611 Å². The highest BCUT2D eigenvalue weighted by molar-refractivity contribution is 5.88. The molecule has 9 nitrogen and oxygen atoms in total. The molecule has 582 valence electrons. The van der Waals surface area contributed by atoms with E-state index in [-0.39, 0.29) is 91.2 Å². The zero-order valence-corrected chi connectivity index (χ0v) is 57.7. The fourth-order valence-electron chi connectivity index (χ4n) is 19.5. The maximum Gasteiger partial charge on any atom is 0.372 e. The summed E-state index contributed by atoms with van der Waals surface area (Å²) < 4.78 is 15.7. The number of carbonyl (C=O) groups is 3. The molecule has 9 fully saturated rings. The van der Waals surface area contributed by atoms with Crippen LogP contribution in [0.3, 0.4) is 0 Å². The van der Waals surface area contributed by atoms with Gasteiger partial charge in [0.05, 0.1) is 44.2 Å². The number of rotatable bonds is 26. The van der Waals surface area contributed by atoms with Crippen molar-refractivity contribution in [2.75, 3.05) is 33.0 Å². The second-order valence-electron chi connectivity index (χ2n) is 32.4.